The lowest BCUT2D eigenvalue weighted by atomic mass is 9.98. The van der Waals surface area contributed by atoms with Gasteiger partial charge in [0.15, 0.2) is 0 Å². The first-order valence-electron chi connectivity index (χ1n) is 5.36. The Labute approximate surface area is 111 Å². The van der Waals surface area contributed by atoms with Crippen molar-refractivity contribution >= 4 is 26.0 Å². The molecule has 1 N–H and O–H groups in total. The van der Waals surface area contributed by atoms with Crippen molar-refractivity contribution in [2.24, 2.45) is 0 Å². The highest BCUT2D eigenvalue weighted by Gasteiger charge is 2.16. The zero-order valence-corrected chi connectivity index (χ0v) is 11.6. The minimum absolute atomic E-state index is 0.196. The van der Waals surface area contributed by atoms with Crippen LogP contribution in [0.2, 0.25) is 0 Å². The molecule has 0 aromatic heterocycles. The number of carbonyl (C=O) groups is 1. The van der Waals surface area contributed by atoms with E-state index in [4.69, 9.17) is 15.4 Å². The van der Waals surface area contributed by atoms with Gasteiger partial charge in [-0.25, -0.2) is 9.52 Å². The molecule has 7 heteroatoms. The maximum Gasteiger partial charge on any atom is 0.427 e. The molecule has 1 amide bonds. The lowest BCUT2D eigenvalue weighted by Gasteiger charge is -2.14. The zero-order chi connectivity index (χ0) is 13.8. The molecule has 0 aliphatic rings. The van der Waals surface area contributed by atoms with E-state index in [0.717, 1.165) is 12.0 Å². The van der Waals surface area contributed by atoms with Crippen molar-refractivity contribution < 1.29 is 17.9 Å². The summed E-state index contributed by atoms with van der Waals surface area (Å²) in [7, 11) is 0.750. The van der Waals surface area contributed by atoms with E-state index in [2.05, 4.69) is 0 Å². The Morgan fingerprint density at radius 2 is 2.06 bits per heavy atom. The Morgan fingerprint density at radius 1 is 1.44 bits per heavy atom. The van der Waals surface area contributed by atoms with Crippen molar-refractivity contribution in [1.82, 2.24) is 4.72 Å². The van der Waals surface area contributed by atoms with E-state index in [0.29, 0.717) is 5.75 Å². The highest BCUT2D eigenvalue weighted by molar-refractivity contribution is 8.12. The van der Waals surface area contributed by atoms with Crippen LogP contribution in [0.5, 0.6) is 5.75 Å². The molecule has 0 heterocycles. The number of hydrogen-bond acceptors (Lipinski definition) is 4. The van der Waals surface area contributed by atoms with Gasteiger partial charge in [-0.2, -0.15) is 8.42 Å². The molecule has 1 aromatic rings. The van der Waals surface area contributed by atoms with Gasteiger partial charge in [-0.05, 0) is 24.0 Å². The maximum atomic E-state index is 11.3. The number of ether oxygens (including phenoxy) is 1. The molecule has 0 aliphatic carbocycles. The van der Waals surface area contributed by atoms with Gasteiger partial charge in [0.1, 0.15) is 5.75 Å². The van der Waals surface area contributed by atoms with Crippen molar-refractivity contribution in [3.8, 4) is 5.75 Å². The smallest absolute Gasteiger partial charge is 0.409 e. The molecule has 0 saturated heterocycles. The van der Waals surface area contributed by atoms with Crippen LogP contribution in [0, 0.1) is 0 Å². The lowest BCUT2D eigenvalue weighted by Crippen LogP contribution is -2.29. The van der Waals surface area contributed by atoms with Gasteiger partial charge in [-0.3, -0.25) is 0 Å². The van der Waals surface area contributed by atoms with Gasteiger partial charge in [0.25, 0.3) is 0 Å². The zero-order valence-electron chi connectivity index (χ0n) is 10.0. The molecule has 1 unspecified atom stereocenters. The highest BCUT2D eigenvalue weighted by atomic mass is 35.7. The van der Waals surface area contributed by atoms with E-state index in [1.54, 1.807) is 12.1 Å². The van der Waals surface area contributed by atoms with E-state index in [9.17, 15) is 13.2 Å². The highest BCUT2D eigenvalue weighted by Crippen LogP contribution is 2.28. The molecule has 0 radical (unpaired) electrons. The van der Waals surface area contributed by atoms with Crippen molar-refractivity contribution in [3.05, 3.63) is 29.8 Å². The Hall–Kier alpha value is -1.27. The maximum absolute atomic E-state index is 11.3. The van der Waals surface area contributed by atoms with Crippen LogP contribution in [0.1, 0.15) is 31.7 Å². The third kappa shape index (κ3) is 4.54. The standard InChI is InChI=1S/C11H14ClNO4S/c1-3-8(2)9-6-4-5-7-10(9)17-11(14)13-18(12,15)16/h4-8H,3H2,1-2H3,(H,13,14). The second-order valence-corrected chi connectivity index (χ2v) is 6.08. The summed E-state index contributed by atoms with van der Waals surface area (Å²) in [6.07, 6.45) is -0.253. The van der Waals surface area contributed by atoms with Crippen LogP contribution in [0.15, 0.2) is 24.3 Å². The molecular weight excluding hydrogens is 278 g/mol. The number of nitrogens with one attached hydrogen (secondary N) is 1. The molecule has 0 spiro atoms. The molecule has 0 saturated carbocycles. The van der Waals surface area contributed by atoms with Gasteiger partial charge in [0.2, 0.25) is 0 Å². The summed E-state index contributed by atoms with van der Waals surface area (Å²) in [5.41, 5.74) is 0.835. The Bertz CT molecular complexity index is 530. The summed E-state index contributed by atoms with van der Waals surface area (Å²) >= 11 is 0. The summed E-state index contributed by atoms with van der Waals surface area (Å²) in [6, 6.07) is 6.95. The Kier molecular flexibility index (Phi) is 4.98. The second-order valence-electron chi connectivity index (χ2n) is 3.78. The summed E-state index contributed by atoms with van der Waals surface area (Å²) in [5, 5.41) is 0. The topological polar surface area (TPSA) is 72.5 Å². The first kappa shape index (κ1) is 14.8. The van der Waals surface area contributed by atoms with E-state index in [-0.39, 0.29) is 5.92 Å². The van der Waals surface area contributed by atoms with Gasteiger partial charge in [-0.1, -0.05) is 32.0 Å². The molecule has 0 aliphatic heterocycles. The van der Waals surface area contributed by atoms with Gasteiger partial charge >= 0.3 is 15.3 Å². The van der Waals surface area contributed by atoms with Crippen LogP contribution >= 0.6 is 10.7 Å². The third-order valence-corrected chi connectivity index (χ3v) is 3.11. The van der Waals surface area contributed by atoms with Crippen molar-refractivity contribution in [3.63, 3.8) is 0 Å². The monoisotopic (exact) mass is 291 g/mol. The van der Waals surface area contributed by atoms with Crippen molar-refractivity contribution in [1.29, 1.82) is 0 Å². The van der Waals surface area contributed by atoms with E-state index in [1.165, 1.54) is 4.72 Å². The minimum Gasteiger partial charge on any atom is -0.409 e. The van der Waals surface area contributed by atoms with Crippen LogP contribution < -0.4 is 9.46 Å². The van der Waals surface area contributed by atoms with Crippen LogP contribution in [0.3, 0.4) is 0 Å². The van der Waals surface area contributed by atoms with Gasteiger partial charge in [0.05, 0.1) is 0 Å². The molecule has 18 heavy (non-hydrogen) atoms. The summed E-state index contributed by atoms with van der Waals surface area (Å²) < 4.78 is 27.8. The van der Waals surface area contributed by atoms with Crippen LogP contribution in [-0.2, 0) is 9.24 Å². The molecule has 100 valence electrons. The molecule has 0 bridgehead atoms. The number of halogens is 1. The fourth-order valence-electron chi connectivity index (χ4n) is 1.42. The number of rotatable bonds is 4. The SMILES string of the molecule is CCC(C)c1ccccc1OC(=O)NS(=O)(=O)Cl. The molecule has 5 nitrogen and oxygen atoms in total. The van der Waals surface area contributed by atoms with Gasteiger partial charge in [0, 0.05) is 10.7 Å². The fourth-order valence-corrected chi connectivity index (χ4v) is 1.85. The molecule has 1 rings (SSSR count). The minimum atomic E-state index is -4.13. The van der Waals surface area contributed by atoms with Crippen LogP contribution in [-0.4, -0.2) is 14.5 Å². The number of benzene rings is 1. The molecule has 1 aromatic carbocycles. The Morgan fingerprint density at radius 3 is 2.61 bits per heavy atom. The predicted octanol–water partition coefficient (Wildman–Crippen LogP) is 2.77. The average molecular weight is 292 g/mol. The van der Waals surface area contributed by atoms with Gasteiger partial charge < -0.3 is 4.74 Å². The number of para-hydroxylation sites is 1. The average Bonchev–Trinajstić information content (AvgIpc) is 2.26. The van der Waals surface area contributed by atoms with Crippen LogP contribution in [0.4, 0.5) is 4.79 Å². The number of hydrogen-bond donors (Lipinski definition) is 1. The first-order valence-corrected chi connectivity index (χ1v) is 7.67. The molecule has 1 atom stereocenters. The van der Waals surface area contributed by atoms with Crippen molar-refractivity contribution in [2.75, 3.05) is 0 Å². The van der Waals surface area contributed by atoms with Crippen molar-refractivity contribution in [2.45, 2.75) is 26.2 Å². The summed E-state index contributed by atoms with van der Waals surface area (Å²) in [6.45, 7) is 3.99. The van der Waals surface area contributed by atoms with Crippen LogP contribution in [0.25, 0.3) is 0 Å². The number of carbonyl (C=O) groups excluding carboxylic acids is 1. The molecule has 0 fully saturated rings. The fraction of sp³-hybridized carbons (Fsp3) is 0.364. The second kappa shape index (κ2) is 6.06. The van der Waals surface area contributed by atoms with Gasteiger partial charge in [-0.15, -0.1) is 0 Å². The normalized spacial score (nSPS) is 12.8. The quantitative estimate of drug-likeness (QED) is 0.866. The molecular formula is C11H14ClNO4S. The van der Waals surface area contributed by atoms with E-state index in [1.807, 2.05) is 26.0 Å². The first-order chi connectivity index (χ1) is 8.33. The summed E-state index contributed by atoms with van der Waals surface area (Å²) in [4.78, 5) is 11.3. The lowest BCUT2D eigenvalue weighted by molar-refractivity contribution is 0.206. The number of amides is 1. The predicted molar refractivity (Wildman–Crippen MR) is 69.1 cm³/mol. The third-order valence-electron chi connectivity index (χ3n) is 2.47. The largest absolute Gasteiger partial charge is 0.427 e. The van der Waals surface area contributed by atoms with E-state index < -0.39 is 15.3 Å². The Balaban J connectivity index is 2.88. The van der Waals surface area contributed by atoms with E-state index >= 15 is 0 Å². The summed E-state index contributed by atoms with van der Waals surface area (Å²) in [5.74, 6) is 0.520.